The summed E-state index contributed by atoms with van der Waals surface area (Å²) in [6, 6.07) is 4.86. The number of fused-ring (bicyclic) bond motifs is 1. The van der Waals surface area contributed by atoms with Crippen LogP contribution in [0.25, 0.3) is 6.08 Å². The number of hydrogen-bond donors (Lipinski definition) is 1. The summed E-state index contributed by atoms with van der Waals surface area (Å²) in [4.78, 5) is 33.2. The highest BCUT2D eigenvalue weighted by Gasteiger charge is 2.29. The van der Waals surface area contributed by atoms with Gasteiger partial charge in [0, 0.05) is 13.5 Å². The fraction of sp³-hybridized carbons (Fsp3) is 0.154. The van der Waals surface area contributed by atoms with E-state index in [1.165, 1.54) is 6.92 Å². The number of esters is 2. The summed E-state index contributed by atoms with van der Waals surface area (Å²) in [5.74, 6) is -1.33. The lowest BCUT2D eigenvalue weighted by Gasteiger charge is -1.97. The number of carbonyl (C=O) groups excluding carboxylic acids is 3. The average Bonchev–Trinajstić information content (AvgIpc) is 2.60. The van der Waals surface area contributed by atoms with Crippen LogP contribution in [0.2, 0.25) is 0 Å². The molecule has 18 heavy (non-hydrogen) atoms. The van der Waals surface area contributed by atoms with Crippen LogP contribution in [0.3, 0.4) is 0 Å². The highest BCUT2D eigenvalue weighted by molar-refractivity contribution is 6.14. The molecule has 1 amide bonds. The third-order valence-electron chi connectivity index (χ3n) is 2.45. The van der Waals surface area contributed by atoms with Crippen LogP contribution in [0.1, 0.15) is 33.2 Å². The molecule has 1 N–H and O–H groups in total. The van der Waals surface area contributed by atoms with Gasteiger partial charge in [-0.3, -0.25) is 4.79 Å². The lowest BCUT2D eigenvalue weighted by Crippen LogP contribution is -2.19. The lowest BCUT2D eigenvalue weighted by atomic mass is 10.1. The molecule has 5 nitrogen and oxygen atoms in total. The molecule has 0 radical (unpaired) electrons. The maximum absolute atomic E-state index is 11.3. The van der Waals surface area contributed by atoms with Gasteiger partial charge in [0.1, 0.15) is 0 Å². The molecule has 1 aliphatic heterocycles. The van der Waals surface area contributed by atoms with Crippen molar-refractivity contribution in [2.24, 2.45) is 0 Å². The second-order valence-corrected chi connectivity index (χ2v) is 3.82. The molecule has 0 aliphatic carbocycles. The van der Waals surface area contributed by atoms with Gasteiger partial charge in [0.25, 0.3) is 0 Å². The van der Waals surface area contributed by atoms with Crippen molar-refractivity contribution in [3.63, 3.8) is 0 Å². The molecule has 2 rings (SSSR count). The van der Waals surface area contributed by atoms with Gasteiger partial charge in [-0.15, -0.1) is 0 Å². The summed E-state index contributed by atoms with van der Waals surface area (Å²) in [6.07, 6.45) is 3.51. The Kier molecular flexibility index (Phi) is 3.23. The zero-order valence-electron chi connectivity index (χ0n) is 9.73. The number of ether oxygens (including phenoxy) is 1. The predicted molar refractivity (Wildman–Crippen MR) is 63.9 cm³/mol. The van der Waals surface area contributed by atoms with Crippen LogP contribution in [-0.4, -0.2) is 24.4 Å². The summed E-state index contributed by atoms with van der Waals surface area (Å²) < 4.78 is 4.48. The Hall–Kier alpha value is -2.43. The molecule has 0 atom stereocenters. The van der Waals surface area contributed by atoms with Crippen LogP contribution in [-0.2, 0) is 9.53 Å². The Bertz CT molecular complexity index is 560. The Labute approximate surface area is 103 Å². The molecule has 1 aromatic carbocycles. The fourth-order valence-electron chi connectivity index (χ4n) is 1.60. The Morgan fingerprint density at radius 1 is 1.28 bits per heavy atom. The molecule has 0 saturated heterocycles. The van der Waals surface area contributed by atoms with Gasteiger partial charge in [-0.25, -0.2) is 9.59 Å². The first-order valence-electron chi connectivity index (χ1n) is 5.39. The molecule has 0 spiro atoms. The number of amides is 1. The van der Waals surface area contributed by atoms with Crippen molar-refractivity contribution in [2.75, 3.05) is 6.54 Å². The third-order valence-corrected chi connectivity index (χ3v) is 2.45. The summed E-state index contributed by atoms with van der Waals surface area (Å²) in [6.45, 7) is 1.85. The van der Waals surface area contributed by atoms with E-state index in [2.05, 4.69) is 10.1 Å². The van der Waals surface area contributed by atoms with Gasteiger partial charge in [-0.1, -0.05) is 18.2 Å². The molecule has 0 aromatic heterocycles. The Morgan fingerprint density at radius 2 is 2.00 bits per heavy atom. The molecule has 0 saturated carbocycles. The average molecular weight is 245 g/mol. The van der Waals surface area contributed by atoms with E-state index >= 15 is 0 Å². The monoisotopic (exact) mass is 245 g/mol. The van der Waals surface area contributed by atoms with Gasteiger partial charge >= 0.3 is 11.9 Å². The Balaban J connectivity index is 2.13. The molecule has 1 aromatic rings. The molecule has 92 valence electrons. The quantitative estimate of drug-likeness (QED) is 0.640. The first-order valence-corrected chi connectivity index (χ1v) is 5.39. The predicted octanol–water partition coefficient (Wildman–Crippen LogP) is 1.15. The van der Waals surface area contributed by atoms with Crippen molar-refractivity contribution in [1.82, 2.24) is 5.32 Å². The van der Waals surface area contributed by atoms with E-state index < -0.39 is 11.9 Å². The van der Waals surface area contributed by atoms with Crippen molar-refractivity contribution >= 4 is 23.9 Å². The molecule has 5 heteroatoms. The van der Waals surface area contributed by atoms with Gasteiger partial charge in [0.2, 0.25) is 5.91 Å². The molecule has 1 heterocycles. The molecular weight excluding hydrogens is 234 g/mol. The van der Waals surface area contributed by atoms with E-state index in [0.717, 1.165) is 5.56 Å². The smallest absolute Gasteiger partial charge is 0.346 e. The highest BCUT2D eigenvalue weighted by atomic mass is 16.6. The second-order valence-electron chi connectivity index (χ2n) is 3.82. The molecular formula is C13H11NO4. The van der Waals surface area contributed by atoms with Crippen LogP contribution >= 0.6 is 0 Å². The molecule has 0 bridgehead atoms. The van der Waals surface area contributed by atoms with Crippen LogP contribution in [0.5, 0.6) is 0 Å². The van der Waals surface area contributed by atoms with Crippen molar-refractivity contribution in [3.05, 3.63) is 41.0 Å². The fourth-order valence-corrected chi connectivity index (χ4v) is 1.60. The lowest BCUT2D eigenvalue weighted by molar-refractivity contribution is -0.118. The summed E-state index contributed by atoms with van der Waals surface area (Å²) >= 11 is 0. The summed E-state index contributed by atoms with van der Waals surface area (Å²) in [5.41, 5.74) is 1.34. The zero-order chi connectivity index (χ0) is 13.1. The van der Waals surface area contributed by atoms with E-state index in [0.29, 0.717) is 12.1 Å². The first-order chi connectivity index (χ1) is 8.58. The summed E-state index contributed by atoms with van der Waals surface area (Å²) in [5, 5.41) is 2.61. The number of hydrogen-bond acceptors (Lipinski definition) is 4. The van der Waals surface area contributed by atoms with Crippen LogP contribution in [0.15, 0.2) is 24.3 Å². The number of nitrogens with one attached hydrogen (secondary N) is 1. The number of benzene rings is 1. The summed E-state index contributed by atoms with van der Waals surface area (Å²) in [7, 11) is 0. The van der Waals surface area contributed by atoms with E-state index in [1.54, 1.807) is 30.4 Å². The van der Waals surface area contributed by atoms with Gasteiger partial charge in [0.15, 0.2) is 0 Å². The maximum Gasteiger partial charge on any atom is 0.346 e. The molecule has 0 fully saturated rings. The maximum atomic E-state index is 11.3. The third kappa shape index (κ3) is 2.45. The standard InChI is InChI=1S/C13H11NO4/c1-8(15)14-6-2-3-9-4-5-10-11(7-9)13(17)18-12(10)16/h2-5,7H,6H2,1H3,(H,14,15). The number of cyclic esters (lactones) is 2. The van der Waals surface area contributed by atoms with E-state index in [4.69, 9.17) is 0 Å². The van der Waals surface area contributed by atoms with Crippen molar-refractivity contribution in [3.8, 4) is 0 Å². The van der Waals surface area contributed by atoms with E-state index in [1.807, 2.05) is 0 Å². The number of carbonyl (C=O) groups is 3. The van der Waals surface area contributed by atoms with E-state index in [-0.39, 0.29) is 11.5 Å². The van der Waals surface area contributed by atoms with Crippen LogP contribution in [0.4, 0.5) is 0 Å². The molecule has 1 aliphatic rings. The van der Waals surface area contributed by atoms with Crippen molar-refractivity contribution < 1.29 is 19.1 Å². The normalized spacial score (nSPS) is 13.6. The van der Waals surface area contributed by atoms with Crippen molar-refractivity contribution in [1.29, 1.82) is 0 Å². The minimum Gasteiger partial charge on any atom is -0.386 e. The minimum absolute atomic E-state index is 0.109. The SMILES string of the molecule is CC(=O)NCC=Cc1ccc2c(c1)C(=O)OC2=O. The van der Waals surface area contributed by atoms with Gasteiger partial charge in [-0.2, -0.15) is 0 Å². The Morgan fingerprint density at radius 3 is 2.72 bits per heavy atom. The van der Waals surface area contributed by atoms with Crippen molar-refractivity contribution in [2.45, 2.75) is 6.92 Å². The van der Waals surface area contributed by atoms with E-state index in [9.17, 15) is 14.4 Å². The van der Waals surface area contributed by atoms with Gasteiger partial charge in [0.05, 0.1) is 11.1 Å². The van der Waals surface area contributed by atoms with Crippen LogP contribution < -0.4 is 5.32 Å². The minimum atomic E-state index is -0.618. The zero-order valence-corrected chi connectivity index (χ0v) is 9.73. The molecule has 0 unspecified atom stereocenters. The van der Waals surface area contributed by atoms with Gasteiger partial charge < -0.3 is 10.1 Å². The number of rotatable bonds is 3. The topological polar surface area (TPSA) is 72.5 Å². The first kappa shape index (κ1) is 12.0. The largest absolute Gasteiger partial charge is 0.386 e. The second kappa shape index (κ2) is 4.83. The van der Waals surface area contributed by atoms with Gasteiger partial charge in [-0.05, 0) is 17.7 Å². The van der Waals surface area contributed by atoms with Crippen LogP contribution in [0, 0.1) is 0 Å². The highest BCUT2D eigenvalue weighted by Crippen LogP contribution is 2.21.